The molecular formula is C28H34N8O4. The van der Waals surface area contributed by atoms with Crippen molar-refractivity contribution in [2.75, 3.05) is 58.2 Å². The number of anilines is 3. The normalized spacial score (nSPS) is 11.1. The Hall–Kier alpha value is -4.55. The number of aryl methyl sites for hydroxylation is 1. The van der Waals surface area contributed by atoms with Crippen LogP contribution in [0.3, 0.4) is 0 Å². The SMILES string of the molecule is COc1cc(N(C)CCN(C)C)c([N+](=O)[O-])cc1Nc1nccc(-c2[nH]c(CCCO)nc2-c2ccccc2)n1. The van der Waals surface area contributed by atoms with E-state index in [1.165, 1.54) is 13.2 Å². The number of aliphatic hydroxyl groups excluding tert-OH is 1. The van der Waals surface area contributed by atoms with Gasteiger partial charge in [0.1, 0.15) is 17.3 Å². The van der Waals surface area contributed by atoms with Crippen LogP contribution in [0.25, 0.3) is 22.6 Å². The standard InChI is InChI=1S/C28H34N8O4/c1-34(2)14-15-35(3)22-18-24(40-4)21(17-23(22)36(38)39)31-28-29-13-12-20(30-28)27-26(19-9-6-5-7-10-19)32-25(33-27)11-8-16-37/h5-7,9-10,12-13,17-18,37H,8,11,14-16H2,1-4H3,(H,32,33)(H,29,30,31). The van der Waals surface area contributed by atoms with E-state index in [1.54, 1.807) is 18.3 Å². The van der Waals surface area contributed by atoms with Crippen LogP contribution in [0, 0.1) is 10.1 Å². The number of ether oxygens (including phenoxy) is 1. The van der Waals surface area contributed by atoms with Crippen molar-refractivity contribution >= 4 is 23.0 Å². The highest BCUT2D eigenvalue weighted by Gasteiger charge is 2.23. The van der Waals surface area contributed by atoms with Gasteiger partial charge in [-0.05, 0) is 26.6 Å². The quantitative estimate of drug-likeness (QED) is 0.165. The molecule has 4 rings (SSSR count). The van der Waals surface area contributed by atoms with Gasteiger partial charge in [0.05, 0.1) is 34.8 Å². The lowest BCUT2D eigenvalue weighted by atomic mass is 10.1. The molecule has 0 amide bonds. The van der Waals surface area contributed by atoms with E-state index in [0.717, 1.165) is 23.6 Å². The maximum Gasteiger partial charge on any atom is 0.294 e. The van der Waals surface area contributed by atoms with Gasteiger partial charge in [-0.3, -0.25) is 10.1 Å². The van der Waals surface area contributed by atoms with E-state index in [-0.39, 0.29) is 18.2 Å². The zero-order valence-electron chi connectivity index (χ0n) is 23.1. The Morgan fingerprint density at radius 1 is 1.10 bits per heavy atom. The monoisotopic (exact) mass is 546 g/mol. The number of nitro groups is 1. The second-order valence-electron chi connectivity index (χ2n) is 9.51. The van der Waals surface area contributed by atoms with Crippen LogP contribution in [0.15, 0.2) is 54.7 Å². The molecule has 12 heteroatoms. The number of aliphatic hydroxyl groups is 1. The van der Waals surface area contributed by atoms with Gasteiger partial charge >= 0.3 is 0 Å². The molecule has 0 radical (unpaired) electrons. The molecule has 0 saturated heterocycles. The molecule has 40 heavy (non-hydrogen) atoms. The van der Waals surface area contributed by atoms with E-state index in [2.05, 4.69) is 15.3 Å². The summed E-state index contributed by atoms with van der Waals surface area (Å²) in [4.78, 5) is 32.6. The van der Waals surface area contributed by atoms with Crippen LogP contribution in [0.1, 0.15) is 12.2 Å². The molecule has 2 heterocycles. The number of aromatic nitrogens is 4. The number of methoxy groups -OCH3 is 1. The largest absolute Gasteiger partial charge is 0.494 e. The molecule has 0 bridgehead atoms. The molecule has 2 aromatic carbocycles. The second-order valence-corrected chi connectivity index (χ2v) is 9.51. The lowest BCUT2D eigenvalue weighted by molar-refractivity contribution is -0.384. The zero-order valence-corrected chi connectivity index (χ0v) is 23.1. The number of imidazole rings is 1. The van der Waals surface area contributed by atoms with Crippen molar-refractivity contribution in [3.05, 3.63) is 70.7 Å². The van der Waals surface area contributed by atoms with Crippen LogP contribution in [-0.4, -0.2) is 82.8 Å². The lowest BCUT2D eigenvalue weighted by Crippen LogP contribution is -2.28. The third-order valence-electron chi connectivity index (χ3n) is 6.32. The molecule has 0 aliphatic carbocycles. The Bertz CT molecular complexity index is 1440. The summed E-state index contributed by atoms with van der Waals surface area (Å²) in [6, 6.07) is 14.6. The molecule has 210 valence electrons. The summed E-state index contributed by atoms with van der Waals surface area (Å²) in [5.74, 6) is 1.40. The summed E-state index contributed by atoms with van der Waals surface area (Å²) >= 11 is 0. The average molecular weight is 547 g/mol. The van der Waals surface area contributed by atoms with Gasteiger partial charge in [-0.1, -0.05) is 30.3 Å². The summed E-state index contributed by atoms with van der Waals surface area (Å²) in [6.45, 7) is 1.40. The summed E-state index contributed by atoms with van der Waals surface area (Å²) in [5, 5.41) is 24.4. The molecule has 0 fully saturated rings. The highest BCUT2D eigenvalue weighted by Crippen LogP contribution is 2.39. The first kappa shape index (κ1) is 28.5. The van der Waals surface area contributed by atoms with Gasteiger partial charge in [-0.15, -0.1) is 0 Å². The number of nitrogens with one attached hydrogen (secondary N) is 2. The molecule has 12 nitrogen and oxygen atoms in total. The zero-order chi connectivity index (χ0) is 28.6. The van der Waals surface area contributed by atoms with Crippen LogP contribution < -0.4 is 15.0 Å². The Kier molecular flexibility index (Phi) is 9.25. The first-order valence-electron chi connectivity index (χ1n) is 12.9. The predicted molar refractivity (Wildman–Crippen MR) is 155 cm³/mol. The van der Waals surface area contributed by atoms with Gasteiger partial charge < -0.3 is 29.9 Å². The van der Waals surface area contributed by atoms with Gasteiger partial charge in [0.2, 0.25) is 5.95 Å². The third kappa shape index (κ3) is 6.71. The number of nitrogens with zero attached hydrogens (tertiary/aromatic N) is 6. The van der Waals surface area contributed by atoms with Gasteiger partial charge in [-0.2, -0.15) is 0 Å². The van der Waals surface area contributed by atoms with E-state index >= 15 is 0 Å². The van der Waals surface area contributed by atoms with Gasteiger partial charge in [-0.25, -0.2) is 15.0 Å². The fourth-order valence-corrected chi connectivity index (χ4v) is 4.20. The topological polar surface area (TPSA) is 146 Å². The molecule has 3 N–H and O–H groups in total. The first-order chi connectivity index (χ1) is 19.3. The molecule has 0 atom stereocenters. The highest BCUT2D eigenvalue weighted by molar-refractivity contribution is 5.79. The maximum atomic E-state index is 12.0. The number of hydrogen-bond acceptors (Lipinski definition) is 10. The number of nitro benzene ring substituents is 1. The van der Waals surface area contributed by atoms with Crippen LogP contribution in [0.2, 0.25) is 0 Å². The van der Waals surface area contributed by atoms with Crippen LogP contribution in [-0.2, 0) is 6.42 Å². The number of hydrogen-bond donors (Lipinski definition) is 3. The molecule has 0 unspecified atom stereocenters. The molecular weight excluding hydrogens is 512 g/mol. The van der Waals surface area contributed by atoms with Crippen molar-refractivity contribution in [3.8, 4) is 28.4 Å². The third-order valence-corrected chi connectivity index (χ3v) is 6.32. The van der Waals surface area contributed by atoms with Gasteiger partial charge in [0.15, 0.2) is 0 Å². The summed E-state index contributed by atoms with van der Waals surface area (Å²) in [5.41, 5.74) is 3.71. The molecule has 2 aromatic heterocycles. The number of rotatable bonds is 13. The maximum absolute atomic E-state index is 12.0. The summed E-state index contributed by atoms with van der Waals surface area (Å²) in [7, 11) is 7.23. The minimum absolute atomic E-state index is 0.0610. The Morgan fingerprint density at radius 3 is 2.55 bits per heavy atom. The Balaban J connectivity index is 1.70. The number of benzene rings is 2. The molecule has 0 aliphatic rings. The summed E-state index contributed by atoms with van der Waals surface area (Å²) in [6.07, 6.45) is 2.78. The van der Waals surface area contributed by atoms with Gasteiger partial charge in [0.25, 0.3) is 5.69 Å². The molecule has 0 saturated carbocycles. The van der Waals surface area contributed by atoms with Crippen molar-refractivity contribution in [3.63, 3.8) is 0 Å². The Labute approximate surface area is 232 Å². The minimum atomic E-state index is -0.409. The average Bonchev–Trinajstić information content (AvgIpc) is 3.39. The number of H-pyrrole nitrogens is 1. The van der Waals surface area contributed by atoms with E-state index < -0.39 is 4.92 Å². The summed E-state index contributed by atoms with van der Waals surface area (Å²) < 4.78 is 5.59. The second kappa shape index (κ2) is 13.0. The van der Waals surface area contributed by atoms with E-state index in [9.17, 15) is 15.2 Å². The van der Waals surface area contributed by atoms with Crippen molar-refractivity contribution in [1.82, 2.24) is 24.8 Å². The molecule has 0 aliphatic heterocycles. The molecule has 4 aromatic rings. The van der Waals surface area contributed by atoms with Crippen molar-refractivity contribution in [2.45, 2.75) is 12.8 Å². The minimum Gasteiger partial charge on any atom is -0.494 e. The highest BCUT2D eigenvalue weighted by atomic mass is 16.6. The van der Waals surface area contributed by atoms with Crippen molar-refractivity contribution in [1.29, 1.82) is 0 Å². The van der Waals surface area contributed by atoms with Gasteiger partial charge in [0, 0.05) is 57.1 Å². The fourth-order valence-electron chi connectivity index (χ4n) is 4.20. The van der Waals surface area contributed by atoms with E-state index in [4.69, 9.17) is 14.7 Å². The van der Waals surface area contributed by atoms with Crippen molar-refractivity contribution in [2.24, 2.45) is 0 Å². The Morgan fingerprint density at radius 2 is 1.88 bits per heavy atom. The van der Waals surface area contributed by atoms with E-state index in [0.29, 0.717) is 47.9 Å². The number of aromatic amines is 1. The fraction of sp³-hybridized carbons (Fsp3) is 0.321. The lowest BCUT2D eigenvalue weighted by Gasteiger charge is -2.22. The van der Waals surface area contributed by atoms with Crippen molar-refractivity contribution < 1.29 is 14.8 Å². The van der Waals surface area contributed by atoms with Crippen LogP contribution >= 0.6 is 0 Å². The van der Waals surface area contributed by atoms with E-state index in [1.807, 2.05) is 61.3 Å². The first-order valence-corrected chi connectivity index (χ1v) is 12.9. The smallest absolute Gasteiger partial charge is 0.294 e. The molecule has 0 spiro atoms. The van der Waals surface area contributed by atoms with Crippen LogP contribution in [0.4, 0.5) is 23.0 Å². The number of likely N-dealkylation sites (N-methyl/N-ethyl adjacent to an activating group) is 2. The predicted octanol–water partition coefficient (Wildman–Crippen LogP) is 4.12. The van der Waals surface area contributed by atoms with Crippen LogP contribution in [0.5, 0.6) is 5.75 Å².